The van der Waals surface area contributed by atoms with E-state index in [0.717, 1.165) is 30.4 Å². The number of ketones is 1. The predicted molar refractivity (Wildman–Crippen MR) is 64.2 cm³/mol. The third-order valence-corrected chi connectivity index (χ3v) is 3.51. The van der Waals surface area contributed by atoms with Crippen LogP contribution in [-0.4, -0.2) is 5.78 Å². The van der Waals surface area contributed by atoms with Crippen molar-refractivity contribution in [1.29, 1.82) is 0 Å². The Hall–Kier alpha value is -1.63. The van der Waals surface area contributed by atoms with Crippen molar-refractivity contribution in [2.24, 2.45) is 0 Å². The molecule has 0 aliphatic heterocycles. The van der Waals surface area contributed by atoms with Crippen LogP contribution in [0.5, 0.6) is 0 Å². The van der Waals surface area contributed by atoms with E-state index in [1.165, 1.54) is 5.57 Å². The predicted octanol–water partition coefficient (Wildman–Crippen LogP) is 3.39. The van der Waals surface area contributed by atoms with Crippen molar-refractivity contribution in [2.75, 3.05) is 0 Å². The topological polar surface area (TPSA) is 17.1 Å². The van der Waals surface area contributed by atoms with E-state index in [0.29, 0.717) is 5.78 Å². The SMILES string of the molecule is O=C1C2=C(CCC=C2)CC1c1ccccc1. The highest BCUT2D eigenvalue weighted by Crippen LogP contribution is 2.39. The van der Waals surface area contributed by atoms with Gasteiger partial charge in [-0.3, -0.25) is 4.79 Å². The monoisotopic (exact) mass is 210 g/mol. The minimum absolute atomic E-state index is 0.0777. The van der Waals surface area contributed by atoms with E-state index in [4.69, 9.17) is 0 Å². The second-order valence-corrected chi connectivity index (χ2v) is 4.49. The van der Waals surface area contributed by atoms with Gasteiger partial charge in [0, 0.05) is 5.57 Å². The summed E-state index contributed by atoms with van der Waals surface area (Å²) in [6.07, 6.45) is 7.23. The summed E-state index contributed by atoms with van der Waals surface area (Å²) < 4.78 is 0. The molecule has 2 aliphatic rings. The molecule has 1 atom stereocenters. The zero-order valence-corrected chi connectivity index (χ0v) is 9.15. The van der Waals surface area contributed by atoms with Gasteiger partial charge in [0.2, 0.25) is 0 Å². The van der Waals surface area contributed by atoms with Crippen LogP contribution < -0.4 is 0 Å². The summed E-state index contributed by atoms with van der Waals surface area (Å²) in [4.78, 5) is 12.2. The van der Waals surface area contributed by atoms with E-state index in [1.807, 2.05) is 24.3 Å². The van der Waals surface area contributed by atoms with Gasteiger partial charge in [0.25, 0.3) is 0 Å². The second kappa shape index (κ2) is 3.75. The first-order valence-corrected chi connectivity index (χ1v) is 5.84. The Bertz CT molecular complexity index is 479. The van der Waals surface area contributed by atoms with Crippen molar-refractivity contribution in [3.8, 4) is 0 Å². The normalized spacial score (nSPS) is 23.8. The lowest BCUT2D eigenvalue weighted by molar-refractivity contribution is -0.115. The summed E-state index contributed by atoms with van der Waals surface area (Å²) in [5, 5.41) is 0. The molecule has 0 amide bonds. The molecule has 1 aromatic carbocycles. The van der Waals surface area contributed by atoms with Crippen LogP contribution >= 0.6 is 0 Å². The second-order valence-electron chi connectivity index (χ2n) is 4.49. The Morgan fingerprint density at radius 1 is 1.12 bits per heavy atom. The van der Waals surface area contributed by atoms with Gasteiger partial charge in [-0.2, -0.15) is 0 Å². The van der Waals surface area contributed by atoms with Crippen LogP contribution in [0.25, 0.3) is 0 Å². The average Bonchev–Trinajstić information content (AvgIpc) is 2.69. The molecule has 3 rings (SSSR count). The van der Waals surface area contributed by atoms with E-state index < -0.39 is 0 Å². The van der Waals surface area contributed by atoms with Gasteiger partial charge >= 0.3 is 0 Å². The third kappa shape index (κ3) is 1.44. The lowest BCUT2D eigenvalue weighted by Gasteiger charge is -2.08. The van der Waals surface area contributed by atoms with E-state index in [9.17, 15) is 4.79 Å². The number of carbonyl (C=O) groups is 1. The molecule has 1 heteroatoms. The zero-order valence-electron chi connectivity index (χ0n) is 9.15. The molecule has 0 radical (unpaired) electrons. The van der Waals surface area contributed by atoms with Crippen molar-refractivity contribution in [3.05, 3.63) is 59.2 Å². The molecule has 0 heterocycles. The van der Waals surface area contributed by atoms with E-state index >= 15 is 0 Å². The number of carbonyl (C=O) groups excluding carboxylic acids is 1. The summed E-state index contributed by atoms with van der Waals surface area (Å²) in [5.74, 6) is 0.395. The number of benzene rings is 1. The average molecular weight is 210 g/mol. The highest BCUT2D eigenvalue weighted by molar-refractivity contribution is 6.06. The molecule has 0 spiro atoms. The Morgan fingerprint density at radius 3 is 2.69 bits per heavy atom. The number of hydrogen-bond acceptors (Lipinski definition) is 1. The van der Waals surface area contributed by atoms with E-state index in [1.54, 1.807) is 0 Å². The molecule has 2 aliphatic carbocycles. The molecular formula is C15H14O. The van der Waals surface area contributed by atoms with Crippen LogP contribution in [0.1, 0.15) is 30.7 Å². The Labute approximate surface area is 95.5 Å². The number of allylic oxidation sites excluding steroid dienone is 4. The van der Waals surface area contributed by atoms with Gasteiger partial charge in [-0.05, 0) is 24.8 Å². The van der Waals surface area contributed by atoms with Gasteiger partial charge in [-0.25, -0.2) is 0 Å². The number of rotatable bonds is 1. The van der Waals surface area contributed by atoms with Gasteiger partial charge in [0.05, 0.1) is 5.92 Å². The molecule has 80 valence electrons. The Kier molecular flexibility index (Phi) is 2.24. The lowest BCUT2D eigenvalue weighted by atomic mass is 9.94. The highest BCUT2D eigenvalue weighted by Gasteiger charge is 2.32. The van der Waals surface area contributed by atoms with Crippen molar-refractivity contribution in [1.82, 2.24) is 0 Å². The van der Waals surface area contributed by atoms with Crippen LogP contribution in [0.3, 0.4) is 0 Å². The molecule has 1 unspecified atom stereocenters. The highest BCUT2D eigenvalue weighted by atomic mass is 16.1. The Balaban J connectivity index is 1.93. The van der Waals surface area contributed by atoms with Crippen LogP contribution in [-0.2, 0) is 4.79 Å². The molecule has 0 N–H and O–H groups in total. The largest absolute Gasteiger partial charge is 0.293 e. The smallest absolute Gasteiger partial charge is 0.170 e. The minimum atomic E-state index is 0.0777. The molecular weight excluding hydrogens is 196 g/mol. The summed E-state index contributed by atoms with van der Waals surface area (Å²) >= 11 is 0. The standard InChI is InChI=1S/C15H14O/c16-15-13-9-5-4-8-12(13)10-14(15)11-6-2-1-3-7-11/h1-3,5-7,9,14H,4,8,10H2. The Morgan fingerprint density at radius 2 is 1.94 bits per heavy atom. The van der Waals surface area contributed by atoms with Crippen LogP contribution in [0.15, 0.2) is 53.6 Å². The van der Waals surface area contributed by atoms with Crippen molar-refractivity contribution < 1.29 is 4.79 Å². The molecule has 0 bridgehead atoms. The minimum Gasteiger partial charge on any atom is -0.293 e. The first kappa shape index (κ1) is 9.59. The van der Waals surface area contributed by atoms with Crippen LogP contribution in [0.2, 0.25) is 0 Å². The molecule has 0 saturated carbocycles. The molecule has 0 fully saturated rings. The van der Waals surface area contributed by atoms with Gasteiger partial charge in [0.1, 0.15) is 0 Å². The van der Waals surface area contributed by atoms with Crippen molar-refractivity contribution in [3.63, 3.8) is 0 Å². The summed E-state index contributed by atoms with van der Waals surface area (Å²) in [5.41, 5.74) is 3.51. The van der Waals surface area contributed by atoms with Gasteiger partial charge in [-0.15, -0.1) is 0 Å². The maximum atomic E-state index is 12.2. The fourth-order valence-electron chi connectivity index (χ4n) is 2.66. The first-order chi connectivity index (χ1) is 7.86. The van der Waals surface area contributed by atoms with E-state index in [-0.39, 0.29) is 5.92 Å². The molecule has 16 heavy (non-hydrogen) atoms. The number of Topliss-reactive ketones (excluding diaryl/α,β-unsaturated/α-hetero) is 1. The fraction of sp³-hybridized carbons (Fsp3) is 0.267. The third-order valence-electron chi connectivity index (χ3n) is 3.51. The number of hydrogen-bond donors (Lipinski definition) is 0. The molecule has 1 nitrogen and oxygen atoms in total. The van der Waals surface area contributed by atoms with Crippen LogP contribution in [0, 0.1) is 0 Å². The van der Waals surface area contributed by atoms with Crippen molar-refractivity contribution in [2.45, 2.75) is 25.2 Å². The van der Waals surface area contributed by atoms with Gasteiger partial charge in [-0.1, -0.05) is 48.1 Å². The molecule has 0 aromatic heterocycles. The van der Waals surface area contributed by atoms with Crippen molar-refractivity contribution >= 4 is 5.78 Å². The van der Waals surface area contributed by atoms with Gasteiger partial charge < -0.3 is 0 Å². The van der Waals surface area contributed by atoms with Crippen LogP contribution in [0.4, 0.5) is 0 Å². The maximum Gasteiger partial charge on any atom is 0.170 e. The quantitative estimate of drug-likeness (QED) is 0.694. The zero-order chi connectivity index (χ0) is 11.0. The maximum absolute atomic E-state index is 12.2. The summed E-state index contributed by atoms with van der Waals surface area (Å²) in [6, 6.07) is 10.1. The first-order valence-electron chi connectivity index (χ1n) is 5.84. The lowest BCUT2D eigenvalue weighted by Crippen LogP contribution is -2.07. The fourth-order valence-corrected chi connectivity index (χ4v) is 2.66. The molecule has 0 saturated heterocycles. The summed E-state index contributed by atoms with van der Waals surface area (Å²) in [7, 11) is 0. The van der Waals surface area contributed by atoms with Gasteiger partial charge in [0.15, 0.2) is 5.78 Å². The molecule has 1 aromatic rings. The summed E-state index contributed by atoms with van der Waals surface area (Å²) in [6.45, 7) is 0. The van der Waals surface area contributed by atoms with E-state index in [2.05, 4.69) is 18.2 Å².